The summed E-state index contributed by atoms with van der Waals surface area (Å²) in [4.78, 5) is 11.0. The van der Waals surface area contributed by atoms with E-state index in [4.69, 9.17) is 4.42 Å². The molecule has 5 heteroatoms. The monoisotopic (exact) mass is 227 g/mol. The van der Waals surface area contributed by atoms with Gasteiger partial charge >= 0.3 is 6.09 Å². The quantitative estimate of drug-likeness (QED) is 0.795. The molecule has 1 aromatic heterocycles. The minimum atomic E-state index is -1.05. The van der Waals surface area contributed by atoms with Crippen molar-refractivity contribution in [2.75, 3.05) is 13.2 Å². The van der Waals surface area contributed by atoms with Crippen LogP contribution in [-0.2, 0) is 11.2 Å². The molecule has 0 saturated carbocycles. The van der Waals surface area contributed by atoms with Gasteiger partial charge in [-0.15, -0.1) is 0 Å². The first kappa shape index (κ1) is 12.6. The van der Waals surface area contributed by atoms with Gasteiger partial charge < -0.3 is 19.6 Å². The summed E-state index contributed by atoms with van der Waals surface area (Å²) in [6, 6.07) is 3.53. The van der Waals surface area contributed by atoms with Gasteiger partial charge in [-0.1, -0.05) is 0 Å². The minimum absolute atomic E-state index is 0.118. The van der Waals surface area contributed by atoms with E-state index in [1.54, 1.807) is 32.2 Å². The summed E-state index contributed by atoms with van der Waals surface area (Å²) in [7, 11) is 0. The molecular formula is C11H17NO4. The highest BCUT2D eigenvalue weighted by Gasteiger charge is 2.23. The van der Waals surface area contributed by atoms with Crippen molar-refractivity contribution in [2.24, 2.45) is 0 Å². The molecule has 5 nitrogen and oxygen atoms in total. The maximum atomic E-state index is 11.0. The molecule has 0 saturated heterocycles. The van der Waals surface area contributed by atoms with E-state index in [2.05, 4.69) is 10.1 Å². The Morgan fingerprint density at radius 3 is 3.00 bits per heavy atom. The van der Waals surface area contributed by atoms with Gasteiger partial charge in [0.1, 0.15) is 5.76 Å². The Balaban J connectivity index is 2.36. The third kappa shape index (κ3) is 4.35. The lowest BCUT2D eigenvalue weighted by Crippen LogP contribution is -2.42. The third-order valence-electron chi connectivity index (χ3n) is 2.02. The average Bonchev–Trinajstić information content (AvgIpc) is 2.67. The maximum Gasteiger partial charge on any atom is 0.407 e. The molecular weight excluding hydrogens is 210 g/mol. The molecule has 0 fully saturated rings. The molecule has 0 spiro atoms. The Morgan fingerprint density at radius 1 is 1.69 bits per heavy atom. The van der Waals surface area contributed by atoms with Gasteiger partial charge in [0, 0.05) is 13.0 Å². The van der Waals surface area contributed by atoms with Gasteiger partial charge in [0.15, 0.2) is 0 Å². The smallest absolute Gasteiger partial charge is 0.407 e. The molecule has 90 valence electrons. The molecule has 1 atom stereocenters. The lowest BCUT2D eigenvalue weighted by molar-refractivity contribution is 0.0522. The molecule has 0 bridgehead atoms. The number of aliphatic hydroxyl groups is 1. The van der Waals surface area contributed by atoms with Crippen LogP contribution in [0.2, 0.25) is 0 Å². The first-order valence-electron chi connectivity index (χ1n) is 5.19. The predicted octanol–water partition coefficient (Wildman–Crippen LogP) is 1.32. The van der Waals surface area contributed by atoms with Crippen LogP contribution in [-0.4, -0.2) is 30.0 Å². The van der Waals surface area contributed by atoms with Crippen molar-refractivity contribution < 1.29 is 19.1 Å². The van der Waals surface area contributed by atoms with Crippen molar-refractivity contribution in [2.45, 2.75) is 25.9 Å². The van der Waals surface area contributed by atoms with Gasteiger partial charge in [0.2, 0.25) is 0 Å². The third-order valence-corrected chi connectivity index (χ3v) is 2.02. The standard InChI is InChI=1S/C11H17NO4/c1-3-15-10(13)12-8-11(2,14)7-9-5-4-6-16-9/h4-6,14H,3,7-8H2,1-2H3,(H,12,13)/t11-/m1/s1. The maximum absolute atomic E-state index is 11.0. The number of hydrogen-bond acceptors (Lipinski definition) is 4. The number of carbonyl (C=O) groups is 1. The van der Waals surface area contributed by atoms with Gasteiger partial charge in [-0.25, -0.2) is 4.79 Å². The minimum Gasteiger partial charge on any atom is -0.469 e. The first-order chi connectivity index (χ1) is 7.53. The number of rotatable bonds is 5. The Bertz CT molecular complexity index is 319. The van der Waals surface area contributed by atoms with Crippen molar-refractivity contribution in [1.29, 1.82) is 0 Å². The topological polar surface area (TPSA) is 71.7 Å². The number of furan rings is 1. The number of carbonyl (C=O) groups excluding carboxylic acids is 1. The lowest BCUT2D eigenvalue weighted by atomic mass is 10.0. The van der Waals surface area contributed by atoms with E-state index in [0.29, 0.717) is 18.8 Å². The second kappa shape index (κ2) is 5.55. The summed E-state index contributed by atoms with van der Waals surface area (Å²) in [5.74, 6) is 0.677. The summed E-state index contributed by atoms with van der Waals surface area (Å²) in [5.41, 5.74) is -1.05. The fourth-order valence-corrected chi connectivity index (χ4v) is 1.30. The van der Waals surface area contributed by atoms with E-state index in [1.807, 2.05) is 0 Å². The van der Waals surface area contributed by atoms with E-state index in [0.717, 1.165) is 0 Å². The van der Waals surface area contributed by atoms with Crippen LogP contribution in [0.15, 0.2) is 22.8 Å². The van der Waals surface area contributed by atoms with E-state index in [1.165, 1.54) is 0 Å². The van der Waals surface area contributed by atoms with Crippen molar-refractivity contribution in [1.82, 2.24) is 5.32 Å². The van der Waals surface area contributed by atoms with Crippen molar-refractivity contribution in [3.8, 4) is 0 Å². The number of amides is 1. The van der Waals surface area contributed by atoms with Crippen molar-refractivity contribution in [3.63, 3.8) is 0 Å². The molecule has 1 heterocycles. The van der Waals surface area contributed by atoms with E-state index >= 15 is 0 Å². The molecule has 1 rings (SSSR count). The Kier molecular flexibility index (Phi) is 4.37. The van der Waals surface area contributed by atoms with Gasteiger partial charge in [-0.2, -0.15) is 0 Å². The van der Waals surface area contributed by atoms with Gasteiger partial charge in [0.25, 0.3) is 0 Å². The van der Waals surface area contributed by atoms with E-state index < -0.39 is 11.7 Å². The summed E-state index contributed by atoms with van der Waals surface area (Å²) >= 11 is 0. The molecule has 16 heavy (non-hydrogen) atoms. The number of alkyl carbamates (subject to hydrolysis) is 1. The summed E-state index contributed by atoms with van der Waals surface area (Å²) in [5, 5.41) is 12.5. The zero-order valence-corrected chi connectivity index (χ0v) is 9.53. The Morgan fingerprint density at radius 2 is 2.44 bits per heavy atom. The molecule has 1 amide bonds. The molecule has 0 aliphatic heterocycles. The second-order valence-corrected chi connectivity index (χ2v) is 3.83. The van der Waals surface area contributed by atoms with E-state index in [9.17, 15) is 9.90 Å². The van der Waals surface area contributed by atoms with Crippen molar-refractivity contribution >= 4 is 6.09 Å². The SMILES string of the molecule is CCOC(=O)NC[C@](C)(O)Cc1ccco1. The number of nitrogens with one attached hydrogen (secondary N) is 1. The van der Waals surface area contributed by atoms with Gasteiger partial charge in [0.05, 0.1) is 18.5 Å². The van der Waals surface area contributed by atoms with Crippen LogP contribution in [0.4, 0.5) is 4.79 Å². The largest absolute Gasteiger partial charge is 0.469 e. The average molecular weight is 227 g/mol. The second-order valence-electron chi connectivity index (χ2n) is 3.83. The normalized spacial score (nSPS) is 14.2. The zero-order chi connectivity index (χ0) is 12.0. The Hall–Kier alpha value is -1.49. The van der Waals surface area contributed by atoms with Crippen LogP contribution < -0.4 is 5.32 Å². The van der Waals surface area contributed by atoms with Crippen LogP contribution >= 0.6 is 0 Å². The molecule has 0 unspecified atom stereocenters. The number of hydrogen-bond donors (Lipinski definition) is 2. The highest BCUT2D eigenvalue weighted by Crippen LogP contribution is 2.12. The summed E-state index contributed by atoms with van der Waals surface area (Å²) in [6.07, 6.45) is 1.36. The van der Waals surface area contributed by atoms with Crippen LogP contribution in [0.5, 0.6) is 0 Å². The van der Waals surface area contributed by atoms with Crippen LogP contribution in [0, 0.1) is 0 Å². The number of ether oxygens (including phenoxy) is 1. The highest BCUT2D eigenvalue weighted by molar-refractivity contribution is 5.67. The predicted molar refractivity (Wildman–Crippen MR) is 58.1 cm³/mol. The van der Waals surface area contributed by atoms with Crippen LogP contribution in [0.25, 0.3) is 0 Å². The molecule has 1 aromatic rings. The van der Waals surface area contributed by atoms with Gasteiger partial charge in [-0.3, -0.25) is 0 Å². The molecule has 0 aliphatic rings. The summed E-state index contributed by atoms with van der Waals surface area (Å²) in [6.45, 7) is 3.78. The van der Waals surface area contributed by atoms with Crippen LogP contribution in [0.3, 0.4) is 0 Å². The molecule has 0 aliphatic carbocycles. The highest BCUT2D eigenvalue weighted by atomic mass is 16.5. The molecule has 0 aromatic carbocycles. The summed E-state index contributed by atoms with van der Waals surface area (Å²) < 4.78 is 9.81. The first-order valence-corrected chi connectivity index (χ1v) is 5.19. The fraction of sp³-hybridized carbons (Fsp3) is 0.545. The molecule has 0 radical (unpaired) electrons. The lowest BCUT2D eigenvalue weighted by Gasteiger charge is -2.22. The molecule has 2 N–H and O–H groups in total. The van der Waals surface area contributed by atoms with E-state index in [-0.39, 0.29) is 6.54 Å². The fourth-order valence-electron chi connectivity index (χ4n) is 1.30. The Labute approximate surface area is 94.4 Å². The van der Waals surface area contributed by atoms with Gasteiger partial charge in [-0.05, 0) is 26.0 Å². The van der Waals surface area contributed by atoms with Crippen molar-refractivity contribution in [3.05, 3.63) is 24.2 Å². The zero-order valence-electron chi connectivity index (χ0n) is 9.53. The van der Waals surface area contributed by atoms with Crippen LogP contribution in [0.1, 0.15) is 19.6 Å².